The molecular formula is C13H23N3O2S. The van der Waals surface area contributed by atoms with Gasteiger partial charge in [-0.2, -0.15) is 4.37 Å². The lowest BCUT2D eigenvalue weighted by atomic mass is 9.94. The van der Waals surface area contributed by atoms with Crippen molar-refractivity contribution in [3.8, 4) is 0 Å². The second-order valence-electron chi connectivity index (χ2n) is 5.59. The largest absolute Gasteiger partial charge is 0.481 e. The zero-order chi connectivity index (χ0) is 14.4. The Kier molecular flexibility index (Phi) is 6.21. The van der Waals surface area contributed by atoms with Crippen LogP contribution in [0.25, 0.3) is 0 Å². The summed E-state index contributed by atoms with van der Waals surface area (Å²) in [6, 6.07) is 0. The molecule has 0 fully saturated rings. The molecule has 0 saturated heterocycles. The Balaban J connectivity index is 2.51. The van der Waals surface area contributed by atoms with Gasteiger partial charge < -0.3 is 10.4 Å². The molecule has 0 saturated carbocycles. The Hall–Kier alpha value is -1.17. The van der Waals surface area contributed by atoms with Crippen molar-refractivity contribution in [2.45, 2.75) is 46.5 Å². The maximum absolute atomic E-state index is 10.8. The molecule has 5 nitrogen and oxygen atoms in total. The SMILES string of the molecule is CC(C)CC(CNc1nc(C(C)C)ns1)CC(=O)O. The standard InChI is InChI=1S/C13H23N3O2S/c1-8(2)5-10(6-11(17)18)7-14-13-15-12(9(3)4)16-19-13/h8-10H,5-7H2,1-4H3,(H,17,18)(H,14,15,16). The van der Waals surface area contributed by atoms with Gasteiger partial charge in [-0.05, 0) is 18.3 Å². The van der Waals surface area contributed by atoms with Crippen molar-refractivity contribution in [2.24, 2.45) is 11.8 Å². The molecule has 19 heavy (non-hydrogen) atoms. The summed E-state index contributed by atoms with van der Waals surface area (Å²) in [5, 5.41) is 12.9. The minimum atomic E-state index is -0.743. The smallest absolute Gasteiger partial charge is 0.303 e. The third kappa shape index (κ3) is 6.00. The number of carboxylic acids is 1. The molecule has 0 radical (unpaired) electrons. The molecule has 0 aromatic carbocycles. The summed E-state index contributed by atoms with van der Waals surface area (Å²) >= 11 is 1.34. The van der Waals surface area contributed by atoms with E-state index in [4.69, 9.17) is 5.11 Å². The first-order valence-corrected chi connectivity index (χ1v) is 7.45. The lowest BCUT2D eigenvalue weighted by Crippen LogP contribution is -2.19. The molecule has 0 aliphatic carbocycles. The Morgan fingerprint density at radius 2 is 2.05 bits per heavy atom. The van der Waals surface area contributed by atoms with Gasteiger partial charge in [0.2, 0.25) is 5.13 Å². The van der Waals surface area contributed by atoms with E-state index in [-0.39, 0.29) is 12.3 Å². The molecule has 0 aliphatic heterocycles. The average Bonchev–Trinajstić information content (AvgIpc) is 2.73. The fourth-order valence-corrected chi connectivity index (χ4v) is 2.64. The number of carbonyl (C=O) groups is 1. The highest BCUT2D eigenvalue weighted by Gasteiger charge is 2.16. The summed E-state index contributed by atoms with van der Waals surface area (Å²) in [6.07, 6.45) is 1.09. The third-order valence-corrected chi connectivity index (χ3v) is 3.46. The van der Waals surface area contributed by atoms with Gasteiger partial charge in [0.05, 0.1) is 0 Å². The number of nitrogens with one attached hydrogen (secondary N) is 1. The van der Waals surface area contributed by atoms with Crippen LogP contribution in [0.15, 0.2) is 0 Å². The summed E-state index contributed by atoms with van der Waals surface area (Å²) < 4.78 is 4.27. The van der Waals surface area contributed by atoms with E-state index in [0.29, 0.717) is 18.4 Å². The fraction of sp³-hybridized carbons (Fsp3) is 0.769. The molecule has 0 amide bonds. The first-order chi connectivity index (χ1) is 8.88. The van der Waals surface area contributed by atoms with Crippen LogP contribution in [0.4, 0.5) is 5.13 Å². The summed E-state index contributed by atoms with van der Waals surface area (Å²) in [6.45, 7) is 8.96. The van der Waals surface area contributed by atoms with Gasteiger partial charge in [0.1, 0.15) is 5.82 Å². The number of aliphatic carboxylic acids is 1. The lowest BCUT2D eigenvalue weighted by molar-refractivity contribution is -0.138. The zero-order valence-electron chi connectivity index (χ0n) is 12.0. The van der Waals surface area contributed by atoms with Gasteiger partial charge >= 0.3 is 5.97 Å². The lowest BCUT2D eigenvalue weighted by Gasteiger charge is -2.17. The highest BCUT2D eigenvalue weighted by atomic mass is 32.1. The van der Waals surface area contributed by atoms with Gasteiger partial charge in [-0.3, -0.25) is 4.79 Å². The molecule has 1 rings (SSSR count). The van der Waals surface area contributed by atoms with Crippen molar-refractivity contribution in [3.05, 3.63) is 5.82 Å². The van der Waals surface area contributed by atoms with Crippen LogP contribution in [0.1, 0.15) is 52.3 Å². The Morgan fingerprint density at radius 3 is 2.53 bits per heavy atom. The van der Waals surface area contributed by atoms with E-state index in [1.807, 2.05) is 0 Å². The van der Waals surface area contributed by atoms with Crippen LogP contribution in [0.5, 0.6) is 0 Å². The second kappa shape index (κ2) is 7.43. The van der Waals surface area contributed by atoms with E-state index >= 15 is 0 Å². The zero-order valence-corrected chi connectivity index (χ0v) is 12.8. The summed E-state index contributed by atoms with van der Waals surface area (Å²) in [4.78, 5) is 15.2. The van der Waals surface area contributed by atoms with Crippen molar-refractivity contribution >= 4 is 22.6 Å². The van der Waals surface area contributed by atoms with Crippen molar-refractivity contribution in [1.29, 1.82) is 0 Å². The van der Waals surface area contributed by atoms with E-state index in [1.165, 1.54) is 11.5 Å². The molecule has 1 atom stereocenters. The molecule has 1 aromatic rings. The number of hydrogen-bond acceptors (Lipinski definition) is 5. The highest BCUT2D eigenvalue weighted by molar-refractivity contribution is 7.09. The van der Waals surface area contributed by atoms with Crippen LogP contribution in [-0.4, -0.2) is 27.0 Å². The monoisotopic (exact) mass is 285 g/mol. The average molecular weight is 285 g/mol. The maximum atomic E-state index is 10.8. The van der Waals surface area contributed by atoms with E-state index in [9.17, 15) is 4.79 Å². The first kappa shape index (κ1) is 15.9. The number of anilines is 1. The van der Waals surface area contributed by atoms with Crippen LogP contribution >= 0.6 is 11.5 Å². The molecule has 1 heterocycles. The Morgan fingerprint density at radius 1 is 1.37 bits per heavy atom. The van der Waals surface area contributed by atoms with Crippen LogP contribution in [0.2, 0.25) is 0 Å². The van der Waals surface area contributed by atoms with Gasteiger partial charge in [-0.25, -0.2) is 4.98 Å². The number of nitrogens with zero attached hydrogens (tertiary/aromatic N) is 2. The van der Waals surface area contributed by atoms with Crippen molar-refractivity contribution in [2.75, 3.05) is 11.9 Å². The predicted molar refractivity (Wildman–Crippen MR) is 77.7 cm³/mol. The highest BCUT2D eigenvalue weighted by Crippen LogP contribution is 2.20. The number of hydrogen-bond donors (Lipinski definition) is 2. The molecule has 108 valence electrons. The minimum Gasteiger partial charge on any atom is -0.481 e. The molecule has 0 aliphatic rings. The maximum Gasteiger partial charge on any atom is 0.303 e. The normalized spacial score (nSPS) is 12.9. The summed E-state index contributed by atoms with van der Waals surface area (Å²) in [5.41, 5.74) is 0. The van der Waals surface area contributed by atoms with Gasteiger partial charge in [0.25, 0.3) is 0 Å². The quantitative estimate of drug-likeness (QED) is 0.767. The number of rotatable bonds is 8. The molecule has 1 aromatic heterocycles. The minimum absolute atomic E-state index is 0.129. The molecule has 2 N–H and O–H groups in total. The van der Waals surface area contributed by atoms with Crippen LogP contribution in [0, 0.1) is 11.8 Å². The Labute approximate surface area is 118 Å². The van der Waals surface area contributed by atoms with Crippen molar-refractivity contribution in [3.63, 3.8) is 0 Å². The van der Waals surface area contributed by atoms with E-state index in [0.717, 1.165) is 17.4 Å². The molecule has 0 spiro atoms. The van der Waals surface area contributed by atoms with E-state index in [1.54, 1.807) is 0 Å². The van der Waals surface area contributed by atoms with Gasteiger partial charge in [0.15, 0.2) is 0 Å². The van der Waals surface area contributed by atoms with Crippen molar-refractivity contribution in [1.82, 2.24) is 9.36 Å². The topological polar surface area (TPSA) is 75.1 Å². The third-order valence-electron chi connectivity index (χ3n) is 2.77. The van der Waals surface area contributed by atoms with Crippen LogP contribution in [-0.2, 0) is 4.79 Å². The molecular weight excluding hydrogens is 262 g/mol. The van der Waals surface area contributed by atoms with Crippen molar-refractivity contribution < 1.29 is 9.90 Å². The van der Waals surface area contributed by atoms with Gasteiger partial charge in [-0.1, -0.05) is 27.7 Å². The van der Waals surface area contributed by atoms with Crippen LogP contribution < -0.4 is 5.32 Å². The molecule has 6 heteroatoms. The van der Waals surface area contributed by atoms with E-state index < -0.39 is 5.97 Å². The van der Waals surface area contributed by atoms with Gasteiger partial charge in [-0.15, -0.1) is 0 Å². The Bertz CT molecular complexity index is 404. The predicted octanol–water partition coefficient (Wildman–Crippen LogP) is 3.21. The van der Waals surface area contributed by atoms with Gasteiger partial charge in [0, 0.05) is 30.4 Å². The summed E-state index contributed by atoms with van der Waals surface area (Å²) in [5.74, 6) is 1.03. The number of aromatic nitrogens is 2. The molecule has 0 bridgehead atoms. The first-order valence-electron chi connectivity index (χ1n) is 6.67. The fourth-order valence-electron chi connectivity index (χ4n) is 1.93. The van der Waals surface area contributed by atoms with Crippen LogP contribution in [0.3, 0.4) is 0 Å². The molecule has 1 unspecified atom stereocenters. The second-order valence-corrected chi connectivity index (χ2v) is 6.34. The number of carboxylic acid groups (broad SMARTS) is 1. The van der Waals surface area contributed by atoms with E-state index in [2.05, 4.69) is 42.4 Å². The summed E-state index contributed by atoms with van der Waals surface area (Å²) in [7, 11) is 0.